The molecule has 5 nitrogen and oxygen atoms in total. The normalized spacial score (nSPS) is 12.0. The van der Waals surface area contributed by atoms with Crippen molar-refractivity contribution in [3.8, 4) is 5.75 Å². The van der Waals surface area contributed by atoms with Gasteiger partial charge in [-0.1, -0.05) is 41.7 Å². The van der Waals surface area contributed by atoms with Gasteiger partial charge in [0.1, 0.15) is 5.75 Å². The molecule has 0 saturated carbocycles. The van der Waals surface area contributed by atoms with E-state index in [9.17, 15) is 4.79 Å². The van der Waals surface area contributed by atoms with Crippen LogP contribution in [0.5, 0.6) is 5.75 Å². The third-order valence-corrected chi connectivity index (χ3v) is 6.16. The van der Waals surface area contributed by atoms with E-state index in [1.807, 2.05) is 47.0 Å². The number of carbonyl (C=O) groups excluding carboxylic acids is 1. The lowest BCUT2D eigenvalue weighted by atomic mass is 10.1. The number of fused-ring (bicyclic) bond motifs is 2. The first-order valence-corrected chi connectivity index (χ1v) is 10.7. The van der Waals surface area contributed by atoms with Gasteiger partial charge in [0.25, 0.3) is 5.91 Å². The van der Waals surface area contributed by atoms with E-state index in [4.69, 9.17) is 9.47 Å². The number of rotatable bonds is 6. The molecule has 4 aromatic rings. The maximum atomic E-state index is 12.6. The first-order valence-electron chi connectivity index (χ1n) is 9.84. The van der Waals surface area contributed by atoms with Gasteiger partial charge in [0, 0.05) is 13.7 Å². The van der Waals surface area contributed by atoms with E-state index in [2.05, 4.69) is 31.0 Å². The third-order valence-electron chi connectivity index (χ3n) is 5.12. The summed E-state index contributed by atoms with van der Waals surface area (Å²) in [5.74, 6) is 0.349. The van der Waals surface area contributed by atoms with E-state index in [0.717, 1.165) is 21.0 Å². The van der Waals surface area contributed by atoms with E-state index in [1.165, 1.54) is 22.5 Å². The minimum atomic E-state index is -0.311. The molecule has 0 aliphatic rings. The minimum absolute atomic E-state index is 0.102. The quantitative estimate of drug-likeness (QED) is 0.457. The standard InChI is InChI=1S/C24H24N2O3S/c1-16-12-21-22(13-17(16)2)30-24(26(21)10-11-28-3)25-23(27)15-29-20-9-8-18-6-4-5-7-19(18)14-20/h4-9,12-14H,10-11,15H2,1-3H3. The summed E-state index contributed by atoms with van der Waals surface area (Å²) in [5, 5.41) is 2.21. The van der Waals surface area contributed by atoms with Crippen molar-refractivity contribution in [2.75, 3.05) is 20.3 Å². The fraction of sp³-hybridized carbons (Fsp3) is 0.250. The maximum Gasteiger partial charge on any atom is 0.286 e. The molecule has 0 saturated heterocycles. The number of amides is 1. The van der Waals surface area contributed by atoms with Crippen LogP contribution in [-0.4, -0.2) is 30.8 Å². The Morgan fingerprint density at radius 1 is 1.03 bits per heavy atom. The van der Waals surface area contributed by atoms with Crippen molar-refractivity contribution >= 4 is 38.2 Å². The zero-order chi connectivity index (χ0) is 21.1. The molecule has 1 amide bonds. The second-order valence-corrected chi connectivity index (χ2v) is 8.25. The van der Waals surface area contributed by atoms with E-state index < -0.39 is 0 Å². The Morgan fingerprint density at radius 3 is 2.60 bits per heavy atom. The van der Waals surface area contributed by atoms with Crippen LogP contribution in [0.1, 0.15) is 11.1 Å². The molecule has 0 atom stereocenters. The Hall–Kier alpha value is -2.96. The van der Waals surface area contributed by atoms with Crippen LogP contribution in [-0.2, 0) is 16.1 Å². The van der Waals surface area contributed by atoms with Gasteiger partial charge in [0.05, 0.1) is 16.8 Å². The molecule has 0 unspecified atom stereocenters. The molecule has 0 spiro atoms. The minimum Gasteiger partial charge on any atom is -0.484 e. The molecular weight excluding hydrogens is 396 g/mol. The van der Waals surface area contributed by atoms with Crippen molar-refractivity contribution < 1.29 is 14.3 Å². The summed E-state index contributed by atoms with van der Waals surface area (Å²) >= 11 is 1.51. The Morgan fingerprint density at radius 2 is 1.80 bits per heavy atom. The smallest absolute Gasteiger partial charge is 0.286 e. The van der Waals surface area contributed by atoms with Crippen LogP contribution >= 0.6 is 11.3 Å². The fourth-order valence-corrected chi connectivity index (χ4v) is 4.50. The average Bonchev–Trinajstić information content (AvgIpc) is 3.06. The van der Waals surface area contributed by atoms with Gasteiger partial charge in [0.15, 0.2) is 11.4 Å². The number of nitrogens with zero attached hydrogens (tertiary/aromatic N) is 2. The predicted octanol–water partition coefficient (Wildman–Crippen LogP) is 4.63. The SMILES string of the molecule is COCCn1c(=NC(=O)COc2ccc3ccccc3c2)sc2cc(C)c(C)cc21. The number of hydrogen-bond acceptors (Lipinski definition) is 4. The Balaban J connectivity index is 1.59. The fourth-order valence-electron chi connectivity index (χ4n) is 3.35. The van der Waals surface area contributed by atoms with E-state index >= 15 is 0 Å². The molecule has 0 N–H and O–H groups in total. The first-order chi connectivity index (χ1) is 14.5. The van der Waals surface area contributed by atoms with Crippen LogP contribution in [0.4, 0.5) is 0 Å². The van der Waals surface area contributed by atoms with Crippen molar-refractivity contribution in [2.45, 2.75) is 20.4 Å². The van der Waals surface area contributed by atoms with Crippen LogP contribution in [0.15, 0.2) is 59.6 Å². The molecule has 3 aromatic carbocycles. The van der Waals surface area contributed by atoms with Crippen LogP contribution in [0.25, 0.3) is 21.0 Å². The summed E-state index contributed by atoms with van der Waals surface area (Å²) in [7, 11) is 1.67. The molecule has 154 valence electrons. The summed E-state index contributed by atoms with van der Waals surface area (Å²) in [6.45, 7) is 5.26. The van der Waals surface area contributed by atoms with Gasteiger partial charge in [-0.25, -0.2) is 0 Å². The highest BCUT2D eigenvalue weighted by Crippen LogP contribution is 2.22. The lowest BCUT2D eigenvalue weighted by Crippen LogP contribution is -2.21. The number of carbonyl (C=O) groups is 1. The van der Waals surface area contributed by atoms with Crippen molar-refractivity contribution in [3.63, 3.8) is 0 Å². The van der Waals surface area contributed by atoms with E-state index in [-0.39, 0.29) is 12.5 Å². The molecule has 0 fully saturated rings. The topological polar surface area (TPSA) is 52.8 Å². The number of hydrogen-bond donors (Lipinski definition) is 0. The van der Waals surface area contributed by atoms with Crippen molar-refractivity contribution in [1.29, 1.82) is 0 Å². The van der Waals surface area contributed by atoms with Crippen LogP contribution in [0, 0.1) is 13.8 Å². The molecule has 1 aromatic heterocycles. The molecular formula is C24H24N2O3S. The summed E-state index contributed by atoms with van der Waals surface area (Å²) in [6, 6.07) is 18.1. The Kier molecular flexibility index (Phi) is 5.97. The number of aromatic nitrogens is 1. The lowest BCUT2D eigenvalue weighted by molar-refractivity contribution is -0.120. The van der Waals surface area contributed by atoms with Crippen molar-refractivity contribution in [2.24, 2.45) is 4.99 Å². The van der Waals surface area contributed by atoms with Crippen LogP contribution in [0.3, 0.4) is 0 Å². The Bertz CT molecular complexity index is 1290. The summed E-state index contributed by atoms with van der Waals surface area (Å²) in [6.07, 6.45) is 0. The molecule has 0 aliphatic heterocycles. The molecule has 0 bridgehead atoms. The zero-order valence-corrected chi connectivity index (χ0v) is 18.2. The van der Waals surface area contributed by atoms with Gasteiger partial charge in [-0.3, -0.25) is 4.79 Å². The van der Waals surface area contributed by atoms with Gasteiger partial charge in [0.2, 0.25) is 0 Å². The summed E-state index contributed by atoms with van der Waals surface area (Å²) in [4.78, 5) is 17.6. The number of methoxy groups -OCH3 is 1. The second-order valence-electron chi connectivity index (χ2n) is 7.24. The lowest BCUT2D eigenvalue weighted by Gasteiger charge is -2.07. The molecule has 6 heteroatoms. The molecule has 4 rings (SSSR count). The number of aryl methyl sites for hydroxylation is 2. The largest absolute Gasteiger partial charge is 0.484 e. The monoisotopic (exact) mass is 420 g/mol. The summed E-state index contributed by atoms with van der Waals surface area (Å²) < 4.78 is 14.1. The maximum absolute atomic E-state index is 12.6. The zero-order valence-electron chi connectivity index (χ0n) is 17.3. The molecule has 0 aliphatic carbocycles. The second kappa shape index (κ2) is 8.81. The van der Waals surface area contributed by atoms with Gasteiger partial charge < -0.3 is 14.0 Å². The number of benzene rings is 3. The average molecular weight is 421 g/mol. The van der Waals surface area contributed by atoms with Gasteiger partial charge in [-0.05, 0) is 60.0 Å². The highest BCUT2D eigenvalue weighted by atomic mass is 32.1. The number of thiazole rings is 1. The van der Waals surface area contributed by atoms with E-state index in [0.29, 0.717) is 23.7 Å². The molecule has 0 radical (unpaired) electrons. The predicted molar refractivity (Wildman–Crippen MR) is 121 cm³/mol. The summed E-state index contributed by atoms with van der Waals surface area (Å²) in [5.41, 5.74) is 3.51. The van der Waals surface area contributed by atoms with Crippen molar-refractivity contribution in [1.82, 2.24) is 4.57 Å². The third kappa shape index (κ3) is 4.30. The number of ether oxygens (including phenoxy) is 2. The first kappa shape index (κ1) is 20.3. The highest BCUT2D eigenvalue weighted by Gasteiger charge is 2.10. The molecule has 30 heavy (non-hydrogen) atoms. The highest BCUT2D eigenvalue weighted by molar-refractivity contribution is 7.16. The van der Waals surface area contributed by atoms with Gasteiger partial charge in [-0.15, -0.1) is 0 Å². The van der Waals surface area contributed by atoms with Gasteiger partial charge in [-0.2, -0.15) is 4.99 Å². The Labute approximate surface area is 179 Å². The van der Waals surface area contributed by atoms with Crippen LogP contribution in [0.2, 0.25) is 0 Å². The van der Waals surface area contributed by atoms with Crippen molar-refractivity contribution in [3.05, 3.63) is 70.5 Å². The van der Waals surface area contributed by atoms with E-state index in [1.54, 1.807) is 7.11 Å². The molecule has 1 heterocycles. The van der Waals surface area contributed by atoms with Gasteiger partial charge >= 0.3 is 0 Å². The van der Waals surface area contributed by atoms with Crippen LogP contribution < -0.4 is 9.54 Å².